The minimum atomic E-state index is -0.657. The lowest BCUT2D eigenvalue weighted by atomic mass is 10.1. The van der Waals surface area contributed by atoms with Crippen molar-refractivity contribution in [3.05, 3.63) is 23.8 Å². The van der Waals surface area contributed by atoms with Crippen molar-refractivity contribution in [3.63, 3.8) is 0 Å². The van der Waals surface area contributed by atoms with Crippen LogP contribution in [-0.2, 0) is 19.1 Å². The molecule has 1 heterocycles. The molecule has 1 aliphatic rings. The Balaban J connectivity index is 2.16. The van der Waals surface area contributed by atoms with E-state index in [4.69, 9.17) is 18.9 Å². The van der Waals surface area contributed by atoms with E-state index in [2.05, 4.69) is 0 Å². The average Bonchev–Trinajstić information content (AvgIpc) is 2.80. The van der Waals surface area contributed by atoms with Crippen LogP contribution in [0.15, 0.2) is 18.2 Å². The molecule has 0 N–H and O–H groups in total. The topological polar surface area (TPSA) is 71.1 Å². The minimum absolute atomic E-state index is 0.0332. The van der Waals surface area contributed by atoms with E-state index in [9.17, 15) is 9.59 Å². The maximum Gasteiger partial charge on any atom is 0.303 e. The van der Waals surface area contributed by atoms with Crippen molar-refractivity contribution in [2.24, 2.45) is 0 Å². The molecule has 0 fully saturated rings. The summed E-state index contributed by atoms with van der Waals surface area (Å²) in [5.74, 6) is 0.336. The van der Waals surface area contributed by atoms with Crippen LogP contribution in [0.5, 0.6) is 11.5 Å². The Morgan fingerprint density at radius 3 is 2.63 bits per heavy atom. The van der Waals surface area contributed by atoms with E-state index in [1.54, 1.807) is 18.2 Å². The van der Waals surface area contributed by atoms with Gasteiger partial charge in [0.25, 0.3) is 0 Å². The van der Waals surface area contributed by atoms with Gasteiger partial charge in [0.15, 0.2) is 17.6 Å². The lowest BCUT2D eigenvalue weighted by molar-refractivity contribution is -0.156. The Morgan fingerprint density at radius 1 is 1.21 bits per heavy atom. The first-order chi connectivity index (χ1) is 9.06. The molecule has 19 heavy (non-hydrogen) atoms. The normalized spacial score (nSPS) is 13.8. The molecule has 0 amide bonds. The van der Waals surface area contributed by atoms with E-state index in [0.717, 1.165) is 0 Å². The number of fused-ring (bicyclic) bond motifs is 1. The molecule has 0 bridgehead atoms. The molecular formula is C13H14O6. The molecular weight excluding hydrogens is 252 g/mol. The van der Waals surface area contributed by atoms with Gasteiger partial charge in [0, 0.05) is 13.8 Å². The van der Waals surface area contributed by atoms with Gasteiger partial charge < -0.3 is 18.9 Å². The summed E-state index contributed by atoms with van der Waals surface area (Å²) >= 11 is 0. The highest BCUT2D eigenvalue weighted by atomic mass is 16.7. The lowest BCUT2D eigenvalue weighted by Gasteiger charge is -2.17. The molecule has 0 spiro atoms. The third-order valence-corrected chi connectivity index (χ3v) is 2.51. The number of benzene rings is 1. The van der Waals surface area contributed by atoms with E-state index in [0.29, 0.717) is 17.1 Å². The number of carbonyl (C=O) groups excluding carboxylic acids is 2. The number of hydrogen-bond donors (Lipinski definition) is 0. The van der Waals surface area contributed by atoms with Gasteiger partial charge in [-0.3, -0.25) is 9.59 Å². The van der Waals surface area contributed by atoms with Crippen molar-refractivity contribution in [1.29, 1.82) is 0 Å². The van der Waals surface area contributed by atoms with Crippen LogP contribution in [0.25, 0.3) is 0 Å². The zero-order chi connectivity index (χ0) is 13.8. The molecule has 1 aliphatic heterocycles. The Labute approximate surface area is 110 Å². The fourth-order valence-corrected chi connectivity index (χ4v) is 1.71. The minimum Gasteiger partial charge on any atom is -0.462 e. The zero-order valence-electron chi connectivity index (χ0n) is 10.7. The Bertz CT molecular complexity index is 496. The zero-order valence-corrected chi connectivity index (χ0v) is 10.7. The molecule has 0 aliphatic carbocycles. The third-order valence-electron chi connectivity index (χ3n) is 2.51. The smallest absolute Gasteiger partial charge is 0.303 e. The predicted molar refractivity (Wildman–Crippen MR) is 63.7 cm³/mol. The van der Waals surface area contributed by atoms with Gasteiger partial charge in [-0.15, -0.1) is 0 Å². The van der Waals surface area contributed by atoms with E-state index in [1.165, 1.54) is 13.8 Å². The summed E-state index contributed by atoms with van der Waals surface area (Å²) in [5.41, 5.74) is 0.681. The van der Waals surface area contributed by atoms with E-state index >= 15 is 0 Å². The second-order valence-corrected chi connectivity index (χ2v) is 4.01. The molecule has 0 radical (unpaired) electrons. The molecule has 1 aromatic carbocycles. The van der Waals surface area contributed by atoms with Crippen molar-refractivity contribution < 1.29 is 28.5 Å². The molecule has 0 aromatic heterocycles. The van der Waals surface area contributed by atoms with Crippen molar-refractivity contribution >= 4 is 11.9 Å². The Hall–Kier alpha value is -2.24. The van der Waals surface area contributed by atoms with E-state index in [-0.39, 0.29) is 13.4 Å². The first-order valence-corrected chi connectivity index (χ1v) is 5.76. The fraction of sp³-hybridized carbons (Fsp3) is 0.385. The maximum absolute atomic E-state index is 11.1. The van der Waals surface area contributed by atoms with Gasteiger partial charge in [0.2, 0.25) is 6.79 Å². The van der Waals surface area contributed by atoms with Gasteiger partial charge in [-0.1, -0.05) is 6.07 Å². The lowest BCUT2D eigenvalue weighted by Crippen LogP contribution is -2.16. The van der Waals surface area contributed by atoms with Crippen molar-refractivity contribution in [3.8, 4) is 11.5 Å². The highest BCUT2D eigenvalue weighted by Gasteiger charge is 2.21. The van der Waals surface area contributed by atoms with Crippen LogP contribution in [0, 0.1) is 0 Å². The first kappa shape index (κ1) is 13.2. The van der Waals surface area contributed by atoms with Gasteiger partial charge in [-0.05, 0) is 17.7 Å². The highest BCUT2D eigenvalue weighted by Crippen LogP contribution is 2.35. The summed E-state index contributed by atoms with van der Waals surface area (Å²) in [6, 6.07) is 5.17. The van der Waals surface area contributed by atoms with Crippen molar-refractivity contribution in [2.75, 3.05) is 13.4 Å². The van der Waals surface area contributed by atoms with Crippen LogP contribution >= 0.6 is 0 Å². The first-order valence-electron chi connectivity index (χ1n) is 5.76. The Kier molecular flexibility index (Phi) is 3.89. The predicted octanol–water partition coefficient (Wildman–Crippen LogP) is 1.58. The fourth-order valence-electron chi connectivity index (χ4n) is 1.71. The number of hydrogen-bond acceptors (Lipinski definition) is 6. The third kappa shape index (κ3) is 3.37. The largest absolute Gasteiger partial charge is 0.462 e. The van der Waals surface area contributed by atoms with Crippen LogP contribution in [0.2, 0.25) is 0 Å². The van der Waals surface area contributed by atoms with Crippen LogP contribution < -0.4 is 9.47 Å². The summed E-state index contributed by atoms with van der Waals surface area (Å²) in [7, 11) is 0. The molecule has 2 rings (SSSR count). The van der Waals surface area contributed by atoms with Gasteiger partial charge >= 0.3 is 11.9 Å². The summed E-state index contributed by atoms with van der Waals surface area (Å²) < 4.78 is 20.5. The number of esters is 2. The van der Waals surface area contributed by atoms with Gasteiger partial charge in [0.05, 0.1) is 0 Å². The molecule has 0 saturated heterocycles. The van der Waals surface area contributed by atoms with E-state index in [1.807, 2.05) is 0 Å². The molecule has 6 nitrogen and oxygen atoms in total. The van der Waals surface area contributed by atoms with Crippen LogP contribution in [0.1, 0.15) is 25.5 Å². The van der Waals surface area contributed by atoms with Crippen molar-refractivity contribution in [2.45, 2.75) is 20.0 Å². The summed E-state index contributed by atoms with van der Waals surface area (Å²) in [5, 5.41) is 0. The molecule has 1 unspecified atom stereocenters. The second kappa shape index (κ2) is 5.60. The molecule has 6 heteroatoms. The molecule has 1 aromatic rings. The molecule has 1 atom stereocenters. The van der Waals surface area contributed by atoms with Crippen LogP contribution in [0.4, 0.5) is 0 Å². The van der Waals surface area contributed by atoms with Gasteiger partial charge in [-0.2, -0.15) is 0 Å². The number of carbonyl (C=O) groups is 2. The SMILES string of the molecule is CC(=O)OCC(OC(C)=O)c1ccc2c(c1)OCO2. The monoisotopic (exact) mass is 266 g/mol. The average molecular weight is 266 g/mol. The Morgan fingerprint density at radius 2 is 1.95 bits per heavy atom. The second-order valence-electron chi connectivity index (χ2n) is 4.01. The number of ether oxygens (including phenoxy) is 4. The number of rotatable bonds is 4. The van der Waals surface area contributed by atoms with Gasteiger partial charge in [-0.25, -0.2) is 0 Å². The molecule has 102 valence electrons. The van der Waals surface area contributed by atoms with E-state index < -0.39 is 18.0 Å². The summed E-state index contributed by atoms with van der Waals surface area (Å²) in [4.78, 5) is 21.9. The maximum atomic E-state index is 11.1. The molecule has 0 saturated carbocycles. The van der Waals surface area contributed by atoms with Crippen molar-refractivity contribution in [1.82, 2.24) is 0 Å². The summed E-state index contributed by atoms with van der Waals surface area (Å²) in [6.45, 7) is 2.73. The standard InChI is InChI=1S/C13H14O6/c1-8(14)16-6-13(19-9(2)15)10-3-4-11-12(5-10)18-7-17-11/h3-5,13H,6-7H2,1-2H3. The highest BCUT2D eigenvalue weighted by molar-refractivity contribution is 5.67. The van der Waals surface area contributed by atoms with Crippen LogP contribution in [-0.4, -0.2) is 25.3 Å². The summed E-state index contributed by atoms with van der Waals surface area (Å²) in [6.07, 6.45) is -0.657. The quantitative estimate of drug-likeness (QED) is 0.770. The van der Waals surface area contributed by atoms with Gasteiger partial charge in [0.1, 0.15) is 6.61 Å². The van der Waals surface area contributed by atoms with Crippen LogP contribution in [0.3, 0.4) is 0 Å².